The van der Waals surface area contributed by atoms with Gasteiger partial charge in [-0.25, -0.2) is 17.9 Å². The number of sulfonamides is 1. The number of quaternary nitrogens is 1. The number of para-hydroxylation sites is 1. The molecule has 0 radical (unpaired) electrons. The van der Waals surface area contributed by atoms with Gasteiger partial charge in [-0.05, 0) is 61.6 Å². The van der Waals surface area contributed by atoms with E-state index in [-0.39, 0.29) is 11.4 Å². The van der Waals surface area contributed by atoms with Crippen LogP contribution in [0, 0.1) is 14.0 Å². The molecule has 0 aliphatic heterocycles. The predicted octanol–water partition coefficient (Wildman–Crippen LogP) is 2.38. The Kier molecular flexibility index (Phi) is 6.88. The fourth-order valence-electron chi connectivity index (χ4n) is 2.12. The maximum Gasteiger partial charge on any atom is 0.329 e. The first-order valence-electron chi connectivity index (χ1n) is 8.02. The van der Waals surface area contributed by atoms with Crippen LogP contribution < -0.4 is 20.0 Å². The van der Waals surface area contributed by atoms with Crippen molar-refractivity contribution in [3.05, 3.63) is 56.4 Å². The Morgan fingerprint density at radius 2 is 1.75 bits per heavy atom. The molecule has 152 valence electrons. The van der Waals surface area contributed by atoms with Gasteiger partial charge in [0.2, 0.25) is 0 Å². The quantitative estimate of drug-likeness (QED) is 0.410. The highest BCUT2D eigenvalue weighted by Crippen LogP contribution is 2.32. The first-order valence-corrected chi connectivity index (χ1v) is 10.6. The van der Waals surface area contributed by atoms with E-state index in [0.29, 0.717) is 9.32 Å². The van der Waals surface area contributed by atoms with Crippen LogP contribution in [-0.2, 0) is 10.0 Å². The van der Waals surface area contributed by atoms with E-state index in [1.165, 1.54) is 6.07 Å². The van der Waals surface area contributed by atoms with Crippen LogP contribution in [0.4, 0.5) is 10.5 Å². The fraction of sp³-hybridized carbons (Fsp3) is 0.235. The van der Waals surface area contributed by atoms with Gasteiger partial charge >= 0.3 is 6.03 Å². The zero-order valence-corrected chi connectivity index (χ0v) is 18.3. The van der Waals surface area contributed by atoms with Crippen molar-refractivity contribution >= 4 is 44.3 Å². The lowest BCUT2D eigenvalue weighted by molar-refractivity contribution is -0.715. The molecule has 0 atom stereocenters. The summed E-state index contributed by atoms with van der Waals surface area (Å²) in [6.45, 7) is 5.05. The van der Waals surface area contributed by atoms with E-state index in [0.717, 1.165) is 12.1 Å². The summed E-state index contributed by atoms with van der Waals surface area (Å²) in [5.41, 5.74) is -1.04. The van der Waals surface area contributed by atoms with Crippen molar-refractivity contribution in [2.24, 2.45) is 0 Å². The lowest BCUT2D eigenvalue weighted by Crippen LogP contribution is -2.96. The van der Waals surface area contributed by atoms with E-state index in [2.05, 4.69) is 5.32 Å². The minimum absolute atomic E-state index is 0.134. The first kappa shape index (κ1) is 22.4. The van der Waals surface area contributed by atoms with Crippen LogP contribution in [0.15, 0.2) is 47.4 Å². The predicted molar refractivity (Wildman–Crippen MR) is 112 cm³/mol. The van der Waals surface area contributed by atoms with Gasteiger partial charge in [-0.2, -0.15) is 0 Å². The number of carbonyl (C=O) groups is 1. The van der Waals surface area contributed by atoms with Gasteiger partial charge in [0.1, 0.15) is 22.1 Å². The maximum atomic E-state index is 12.7. The Labute approximate surface area is 176 Å². The molecule has 0 fully saturated rings. The van der Waals surface area contributed by atoms with Crippen LogP contribution in [0.3, 0.4) is 0 Å². The second-order valence-electron chi connectivity index (χ2n) is 6.79. The molecule has 2 rings (SSSR count). The van der Waals surface area contributed by atoms with Gasteiger partial charge in [-0.3, -0.25) is 0 Å². The molecule has 0 aliphatic rings. The number of carbonyl (C=O) groups excluding carboxylic acids is 1. The number of halogens is 1. The number of hydrogen-bond acceptors (Lipinski definition) is 6. The number of hydrogen-bond donors (Lipinski definition) is 3. The molecule has 0 saturated carbocycles. The van der Waals surface area contributed by atoms with Crippen LogP contribution in [-0.4, -0.2) is 20.0 Å². The van der Waals surface area contributed by atoms with E-state index in [4.69, 9.17) is 4.74 Å². The Morgan fingerprint density at radius 3 is 2.32 bits per heavy atom. The second-order valence-corrected chi connectivity index (χ2v) is 9.60. The van der Waals surface area contributed by atoms with E-state index in [1.807, 2.05) is 27.3 Å². The second kappa shape index (κ2) is 8.61. The standard InChI is InChI=1S/C17H19IN3O6S/c1-17(2,3)19-16(22)20-28(25,26)15-10-11(21(23)24)8-9-14(15)27-13-7-5-4-6-12(13)18/h4-10,21H,1-3H3,(H2,19,20,22)/q-1. The molecule has 0 aliphatic carbocycles. The minimum atomic E-state index is -4.43. The molecule has 0 bridgehead atoms. The van der Waals surface area contributed by atoms with E-state index in [1.54, 1.807) is 45.0 Å². The zero-order valence-electron chi connectivity index (χ0n) is 15.3. The smallest absolute Gasteiger partial charge is 0.329 e. The van der Waals surface area contributed by atoms with Crippen LogP contribution in [0.2, 0.25) is 0 Å². The van der Waals surface area contributed by atoms with Crippen molar-refractivity contribution in [1.82, 2.24) is 10.0 Å². The molecule has 0 aromatic heterocycles. The maximum absolute atomic E-state index is 12.7. The summed E-state index contributed by atoms with van der Waals surface area (Å²) in [7, 11) is -4.43. The molecule has 0 heterocycles. The molecule has 0 spiro atoms. The van der Waals surface area contributed by atoms with Gasteiger partial charge in [-0.15, -0.1) is 0 Å². The van der Waals surface area contributed by atoms with Gasteiger partial charge in [0, 0.05) is 17.7 Å². The molecule has 2 aromatic rings. The third-order valence-corrected chi connectivity index (χ3v) is 5.48. The molecule has 28 heavy (non-hydrogen) atoms. The van der Waals surface area contributed by atoms with E-state index >= 15 is 0 Å². The normalized spacial score (nSPS) is 12.0. The van der Waals surface area contributed by atoms with E-state index in [9.17, 15) is 23.6 Å². The lowest BCUT2D eigenvalue weighted by Gasteiger charge is -2.25. The van der Waals surface area contributed by atoms with Crippen molar-refractivity contribution in [3.63, 3.8) is 0 Å². The highest BCUT2D eigenvalue weighted by molar-refractivity contribution is 14.1. The molecule has 9 nitrogen and oxygen atoms in total. The Balaban J connectivity index is 2.45. The summed E-state index contributed by atoms with van der Waals surface area (Å²) in [4.78, 5) is 11.5. The topological polar surface area (TPSA) is 135 Å². The number of nitrogens with one attached hydrogen (secondary N) is 3. The Morgan fingerprint density at radius 1 is 1.11 bits per heavy atom. The Bertz CT molecular complexity index is 973. The van der Waals surface area contributed by atoms with Crippen molar-refractivity contribution < 1.29 is 23.2 Å². The third-order valence-electron chi connectivity index (χ3n) is 3.24. The van der Waals surface area contributed by atoms with Gasteiger partial charge in [0.15, 0.2) is 0 Å². The average molecular weight is 520 g/mol. The van der Waals surface area contributed by atoms with Gasteiger partial charge < -0.3 is 25.7 Å². The third kappa shape index (κ3) is 6.04. The molecule has 0 unspecified atom stereocenters. The van der Waals surface area contributed by atoms with Crippen LogP contribution >= 0.6 is 22.6 Å². The molecule has 11 heteroatoms. The number of rotatable bonds is 5. The largest absolute Gasteiger partial charge is 0.628 e. The van der Waals surface area contributed by atoms with Crippen molar-refractivity contribution in [1.29, 1.82) is 0 Å². The van der Waals surface area contributed by atoms with Crippen LogP contribution in [0.25, 0.3) is 0 Å². The monoisotopic (exact) mass is 520 g/mol. The van der Waals surface area contributed by atoms with Crippen molar-refractivity contribution in [2.75, 3.05) is 0 Å². The van der Waals surface area contributed by atoms with Crippen molar-refractivity contribution in [2.45, 2.75) is 31.2 Å². The average Bonchev–Trinajstić information content (AvgIpc) is 2.54. The molecular formula is C17H19IN3O6S-. The van der Waals surface area contributed by atoms with Crippen LogP contribution in [0.5, 0.6) is 11.5 Å². The summed E-state index contributed by atoms with van der Waals surface area (Å²) in [6.07, 6.45) is 0. The van der Waals surface area contributed by atoms with Crippen LogP contribution in [0.1, 0.15) is 20.8 Å². The van der Waals surface area contributed by atoms with Gasteiger partial charge in [0.25, 0.3) is 10.0 Å². The zero-order chi connectivity index (χ0) is 21.1. The van der Waals surface area contributed by atoms with E-state index < -0.39 is 31.7 Å². The number of benzene rings is 2. The molecule has 0 saturated heterocycles. The lowest BCUT2D eigenvalue weighted by atomic mass is 10.1. The summed E-state index contributed by atoms with van der Waals surface area (Å²) in [5.74, 6) is 0.241. The molecule has 3 N–H and O–H groups in total. The molecule has 2 aromatic carbocycles. The molecular weight excluding hydrogens is 501 g/mol. The molecule has 2 amide bonds. The SMILES string of the molecule is CC(C)(C)NC(=O)NS(=O)(=O)c1cc([NH+]([O-])[O-])ccc1Oc1ccccc1I. The number of urea groups is 1. The number of amides is 2. The highest BCUT2D eigenvalue weighted by Gasteiger charge is 2.26. The first-order chi connectivity index (χ1) is 12.9. The fourth-order valence-corrected chi connectivity index (χ4v) is 3.68. The minimum Gasteiger partial charge on any atom is -0.628 e. The Hall–Kier alpha value is -1.93. The van der Waals surface area contributed by atoms with Gasteiger partial charge in [-0.1, -0.05) is 12.1 Å². The summed E-state index contributed by atoms with van der Waals surface area (Å²) in [5, 5.41) is 23.2. The summed E-state index contributed by atoms with van der Waals surface area (Å²) < 4.78 is 33.7. The van der Waals surface area contributed by atoms with Gasteiger partial charge in [0.05, 0.1) is 3.57 Å². The highest BCUT2D eigenvalue weighted by atomic mass is 127. The summed E-state index contributed by atoms with van der Waals surface area (Å²) in [6, 6.07) is 9.16. The van der Waals surface area contributed by atoms with Crippen molar-refractivity contribution in [3.8, 4) is 11.5 Å². The number of ether oxygens (including phenoxy) is 1. The summed E-state index contributed by atoms with van der Waals surface area (Å²) >= 11 is 2.01.